The number of ether oxygens (including phenoxy) is 1. The number of methoxy groups -OCH3 is 1. The average molecular weight is 259 g/mol. The Labute approximate surface area is 115 Å². The lowest BCUT2D eigenvalue weighted by Gasteiger charge is -2.36. The van der Waals surface area contributed by atoms with Crippen molar-refractivity contribution in [1.82, 2.24) is 9.80 Å². The second-order valence-corrected chi connectivity index (χ2v) is 4.93. The van der Waals surface area contributed by atoms with E-state index in [-0.39, 0.29) is 6.04 Å². The van der Waals surface area contributed by atoms with Crippen LogP contribution in [0, 0.1) is 11.3 Å². The molecule has 0 amide bonds. The van der Waals surface area contributed by atoms with E-state index in [1.807, 2.05) is 25.1 Å². The summed E-state index contributed by atoms with van der Waals surface area (Å²) in [6, 6.07) is 10.5. The van der Waals surface area contributed by atoms with Gasteiger partial charge in [0, 0.05) is 38.3 Å². The molecule has 1 aromatic carbocycles. The first kappa shape index (κ1) is 13.9. The van der Waals surface area contributed by atoms with E-state index in [9.17, 15) is 0 Å². The highest BCUT2D eigenvalue weighted by Gasteiger charge is 2.21. The van der Waals surface area contributed by atoms with Crippen molar-refractivity contribution in [3.63, 3.8) is 0 Å². The Kier molecular flexibility index (Phi) is 4.78. The van der Waals surface area contributed by atoms with E-state index in [2.05, 4.69) is 21.9 Å². The van der Waals surface area contributed by atoms with Crippen LogP contribution in [0.2, 0.25) is 0 Å². The molecule has 1 aromatic rings. The summed E-state index contributed by atoms with van der Waals surface area (Å²) in [5.41, 5.74) is 1.23. The molecule has 1 atom stereocenters. The summed E-state index contributed by atoms with van der Waals surface area (Å²) >= 11 is 0. The summed E-state index contributed by atoms with van der Waals surface area (Å²) < 4.78 is 5.38. The zero-order valence-corrected chi connectivity index (χ0v) is 11.7. The molecule has 1 aliphatic rings. The summed E-state index contributed by atoms with van der Waals surface area (Å²) in [5.74, 6) is 0.954. The number of rotatable bonds is 4. The van der Waals surface area contributed by atoms with Crippen molar-refractivity contribution >= 4 is 0 Å². The van der Waals surface area contributed by atoms with Gasteiger partial charge in [-0.2, -0.15) is 5.26 Å². The van der Waals surface area contributed by atoms with Crippen molar-refractivity contribution in [2.45, 2.75) is 19.5 Å². The molecule has 19 heavy (non-hydrogen) atoms. The highest BCUT2D eigenvalue weighted by molar-refractivity contribution is 5.33. The van der Waals surface area contributed by atoms with Crippen LogP contribution < -0.4 is 4.74 Å². The van der Waals surface area contributed by atoms with Crippen molar-refractivity contribution < 1.29 is 4.74 Å². The normalized spacial score (nSPS) is 18.8. The fraction of sp³-hybridized carbons (Fsp3) is 0.533. The number of piperazine rings is 1. The first-order valence-electron chi connectivity index (χ1n) is 6.72. The lowest BCUT2D eigenvalue weighted by atomic mass is 10.1. The smallest absolute Gasteiger partial charge is 0.123 e. The standard InChI is InChI=1S/C15H21N3O/c1-13(11-16)18-9-7-17(8-10-18)12-14-5-3-4-6-15(14)19-2/h3-6,13H,7-10,12H2,1-2H3. The first-order valence-corrected chi connectivity index (χ1v) is 6.72. The van der Waals surface area contributed by atoms with Gasteiger partial charge in [0.05, 0.1) is 19.2 Å². The number of benzene rings is 1. The van der Waals surface area contributed by atoms with Crippen LogP contribution in [0.1, 0.15) is 12.5 Å². The fourth-order valence-corrected chi connectivity index (χ4v) is 2.46. The van der Waals surface area contributed by atoms with Crippen LogP contribution in [0.25, 0.3) is 0 Å². The highest BCUT2D eigenvalue weighted by Crippen LogP contribution is 2.20. The molecule has 1 fully saturated rings. The Morgan fingerprint density at radius 1 is 1.26 bits per heavy atom. The van der Waals surface area contributed by atoms with Gasteiger partial charge in [0.2, 0.25) is 0 Å². The molecule has 0 aliphatic carbocycles. The Morgan fingerprint density at radius 2 is 1.95 bits per heavy atom. The average Bonchev–Trinajstić information content (AvgIpc) is 2.48. The van der Waals surface area contributed by atoms with Crippen LogP contribution in [0.4, 0.5) is 0 Å². The summed E-state index contributed by atoms with van der Waals surface area (Å²) in [6.45, 7) is 6.82. The summed E-state index contributed by atoms with van der Waals surface area (Å²) in [4.78, 5) is 4.65. The summed E-state index contributed by atoms with van der Waals surface area (Å²) in [5, 5.41) is 8.93. The Bertz CT molecular complexity index is 447. The van der Waals surface area contributed by atoms with E-state index in [0.717, 1.165) is 38.5 Å². The molecule has 4 heteroatoms. The maximum atomic E-state index is 8.93. The van der Waals surface area contributed by atoms with Gasteiger partial charge in [0.25, 0.3) is 0 Å². The van der Waals surface area contributed by atoms with E-state index >= 15 is 0 Å². The second-order valence-electron chi connectivity index (χ2n) is 4.93. The number of nitriles is 1. The fourth-order valence-electron chi connectivity index (χ4n) is 2.46. The van der Waals surface area contributed by atoms with Crippen molar-refractivity contribution in [1.29, 1.82) is 5.26 Å². The molecule has 4 nitrogen and oxygen atoms in total. The van der Waals surface area contributed by atoms with Gasteiger partial charge in [0.15, 0.2) is 0 Å². The van der Waals surface area contributed by atoms with Crippen LogP contribution in [-0.4, -0.2) is 49.1 Å². The molecule has 1 heterocycles. The van der Waals surface area contributed by atoms with Crippen LogP contribution in [-0.2, 0) is 6.54 Å². The van der Waals surface area contributed by atoms with Gasteiger partial charge in [-0.3, -0.25) is 9.80 Å². The predicted molar refractivity (Wildman–Crippen MR) is 74.9 cm³/mol. The van der Waals surface area contributed by atoms with Crippen molar-refractivity contribution in [2.24, 2.45) is 0 Å². The topological polar surface area (TPSA) is 39.5 Å². The lowest BCUT2D eigenvalue weighted by molar-refractivity contribution is 0.114. The van der Waals surface area contributed by atoms with Gasteiger partial charge in [-0.05, 0) is 13.0 Å². The van der Waals surface area contributed by atoms with Crippen molar-refractivity contribution in [3.05, 3.63) is 29.8 Å². The van der Waals surface area contributed by atoms with Gasteiger partial charge >= 0.3 is 0 Å². The molecule has 0 bridgehead atoms. The number of nitrogens with zero attached hydrogens (tertiary/aromatic N) is 3. The molecule has 1 aliphatic heterocycles. The molecule has 0 radical (unpaired) electrons. The van der Waals surface area contributed by atoms with Gasteiger partial charge in [-0.25, -0.2) is 0 Å². The third-order valence-electron chi connectivity index (χ3n) is 3.73. The molecular weight excluding hydrogens is 238 g/mol. The molecule has 1 saturated heterocycles. The Hall–Kier alpha value is -1.57. The van der Waals surface area contributed by atoms with Crippen molar-refractivity contribution in [2.75, 3.05) is 33.3 Å². The monoisotopic (exact) mass is 259 g/mol. The predicted octanol–water partition coefficient (Wildman–Crippen LogP) is 1.72. The molecule has 0 saturated carbocycles. The molecule has 0 spiro atoms. The minimum atomic E-state index is 0.0217. The molecule has 0 aromatic heterocycles. The minimum absolute atomic E-state index is 0.0217. The van der Waals surface area contributed by atoms with Crippen molar-refractivity contribution in [3.8, 4) is 11.8 Å². The van der Waals surface area contributed by atoms with Gasteiger partial charge in [-0.1, -0.05) is 18.2 Å². The Morgan fingerprint density at radius 3 is 2.58 bits per heavy atom. The van der Waals surface area contributed by atoms with Crippen LogP contribution in [0.5, 0.6) is 5.75 Å². The minimum Gasteiger partial charge on any atom is -0.496 e. The largest absolute Gasteiger partial charge is 0.496 e. The molecule has 1 unspecified atom stereocenters. The van der Waals surface area contributed by atoms with Gasteiger partial charge < -0.3 is 4.74 Å². The van der Waals surface area contributed by atoms with Crippen LogP contribution in [0.15, 0.2) is 24.3 Å². The highest BCUT2D eigenvalue weighted by atomic mass is 16.5. The van der Waals surface area contributed by atoms with E-state index in [0.29, 0.717) is 0 Å². The van der Waals surface area contributed by atoms with Crippen LogP contribution in [0.3, 0.4) is 0 Å². The van der Waals surface area contributed by atoms with E-state index in [1.54, 1.807) is 7.11 Å². The van der Waals surface area contributed by atoms with E-state index in [1.165, 1.54) is 5.56 Å². The zero-order chi connectivity index (χ0) is 13.7. The molecule has 0 N–H and O–H groups in total. The third kappa shape index (κ3) is 3.46. The number of hydrogen-bond acceptors (Lipinski definition) is 4. The summed E-state index contributed by atoms with van der Waals surface area (Å²) in [6.07, 6.45) is 0. The van der Waals surface area contributed by atoms with Gasteiger partial charge in [0.1, 0.15) is 5.75 Å². The first-order chi connectivity index (χ1) is 9.24. The molecule has 2 rings (SSSR count). The number of hydrogen-bond donors (Lipinski definition) is 0. The summed E-state index contributed by atoms with van der Waals surface area (Å²) in [7, 11) is 1.71. The molecular formula is C15H21N3O. The Balaban J connectivity index is 1.91. The maximum absolute atomic E-state index is 8.93. The SMILES string of the molecule is COc1ccccc1CN1CCN(C(C)C#N)CC1. The quantitative estimate of drug-likeness (QED) is 0.825. The van der Waals surface area contributed by atoms with Gasteiger partial charge in [-0.15, -0.1) is 0 Å². The van der Waals surface area contributed by atoms with Crippen LogP contribution >= 0.6 is 0 Å². The lowest BCUT2D eigenvalue weighted by Crippen LogP contribution is -2.48. The maximum Gasteiger partial charge on any atom is 0.123 e. The second kappa shape index (κ2) is 6.55. The number of para-hydroxylation sites is 1. The zero-order valence-electron chi connectivity index (χ0n) is 11.7. The van der Waals surface area contributed by atoms with E-state index in [4.69, 9.17) is 10.00 Å². The van der Waals surface area contributed by atoms with E-state index < -0.39 is 0 Å². The third-order valence-corrected chi connectivity index (χ3v) is 3.73. The molecule has 102 valence electrons.